The van der Waals surface area contributed by atoms with Crippen LogP contribution in [-0.4, -0.2) is 84.6 Å². The number of hydrogen-bond acceptors (Lipinski definition) is 7. The monoisotopic (exact) mass is 506 g/mol. The molecule has 0 atom stereocenters. The van der Waals surface area contributed by atoms with Crippen molar-refractivity contribution in [2.24, 2.45) is 0 Å². The Bertz CT molecular complexity index is 988. The molecule has 0 aromatic carbocycles. The zero-order chi connectivity index (χ0) is 25.5. The molecule has 2 aliphatic rings. The Morgan fingerprint density at radius 1 is 1.08 bits per heavy atom. The smallest absolute Gasteiger partial charge is 0.433 e. The van der Waals surface area contributed by atoms with Gasteiger partial charge < -0.3 is 19.9 Å². The summed E-state index contributed by atoms with van der Waals surface area (Å²) < 4.78 is 43.7. The van der Waals surface area contributed by atoms with Gasteiger partial charge in [0.1, 0.15) is 5.69 Å². The predicted octanol–water partition coefficient (Wildman–Crippen LogP) is 3.51. The highest BCUT2D eigenvalue weighted by molar-refractivity contribution is 5.76. The van der Waals surface area contributed by atoms with Crippen molar-refractivity contribution < 1.29 is 22.7 Å². The second-order valence-corrected chi connectivity index (χ2v) is 9.22. The molecule has 4 heterocycles. The van der Waals surface area contributed by atoms with Crippen LogP contribution in [-0.2, 0) is 11.0 Å². The molecule has 0 radical (unpaired) electrons. The van der Waals surface area contributed by atoms with Gasteiger partial charge in [-0.3, -0.25) is 14.7 Å². The first-order valence-corrected chi connectivity index (χ1v) is 12.4. The molecule has 2 fully saturated rings. The fourth-order valence-corrected chi connectivity index (χ4v) is 4.71. The third-order valence-electron chi connectivity index (χ3n) is 6.80. The topological polar surface area (TPSA) is 73.8 Å². The summed E-state index contributed by atoms with van der Waals surface area (Å²) in [5.41, 5.74) is 0.595. The number of methoxy groups -OCH3 is 1. The molecule has 1 N–H and O–H groups in total. The molecule has 2 aromatic heterocycles. The van der Waals surface area contributed by atoms with E-state index in [4.69, 9.17) is 4.74 Å². The van der Waals surface area contributed by atoms with Crippen LogP contribution in [0.25, 0.3) is 0 Å². The van der Waals surface area contributed by atoms with Crippen molar-refractivity contribution in [2.75, 3.05) is 63.1 Å². The lowest BCUT2D eigenvalue weighted by Crippen LogP contribution is -2.47. The summed E-state index contributed by atoms with van der Waals surface area (Å²) in [6.07, 6.45) is 1.28. The van der Waals surface area contributed by atoms with Gasteiger partial charge in [-0.05, 0) is 44.0 Å². The van der Waals surface area contributed by atoms with Crippen LogP contribution in [0.5, 0.6) is 5.88 Å². The number of ether oxygens (including phenoxy) is 1. The molecule has 2 aliphatic heterocycles. The number of likely N-dealkylation sites (tertiary alicyclic amines) is 1. The number of carbonyl (C=O) groups is 1. The average molecular weight is 507 g/mol. The zero-order valence-electron chi connectivity index (χ0n) is 20.5. The fraction of sp³-hybridized carbons (Fsp3) is 0.560. The number of piperazine rings is 1. The van der Waals surface area contributed by atoms with E-state index in [0.29, 0.717) is 43.9 Å². The van der Waals surface area contributed by atoms with Gasteiger partial charge >= 0.3 is 6.18 Å². The Kier molecular flexibility index (Phi) is 8.50. The Labute approximate surface area is 209 Å². The van der Waals surface area contributed by atoms with Crippen molar-refractivity contribution in [3.8, 4) is 5.88 Å². The van der Waals surface area contributed by atoms with Gasteiger partial charge in [0, 0.05) is 69.7 Å². The number of hydrogen-bond donors (Lipinski definition) is 1. The van der Waals surface area contributed by atoms with E-state index in [1.54, 1.807) is 13.2 Å². The third kappa shape index (κ3) is 6.99. The zero-order valence-corrected chi connectivity index (χ0v) is 20.5. The number of alkyl halides is 3. The van der Waals surface area contributed by atoms with Gasteiger partial charge in [0.2, 0.25) is 11.8 Å². The summed E-state index contributed by atoms with van der Waals surface area (Å²) in [5.74, 6) is 0.760. The van der Waals surface area contributed by atoms with Crippen molar-refractivity contribution >= 4 is 17.3 Å². The minimum Gasteiger partial charge on any atom is -0.481 e. The van der Waals surface area contributed by atoms with Gasteiger partial charge in [-0.25, -0.2) is 4.98 Å². The number of nitrogens with one attached hydrogen (secondary N) is 1. The molecule has 0 spiro atoms. The molecule has 0 unspecified atom stereocenters. The Balaban J connectivity index is 1.13. The van der Waals surface area contributed by atoms with Crippen molar-refractivity contribution in [1.29, 1.82) is 0 Å². The van der Waals surface area contributed by atoms with Crippen molar-refractivity contribution in [3.63, 3.8) is 0 Å². The van der Waals surface area contributed by atoms with E-state index in [1.807, 2.05) is 23.2 Å². The number of anilines is 2. The molecular weight excluding hydrogens is 473 g/mol. The van der Waals surface area contributed by atoms with E-state index < -0.39 is 11.9 Å². The molecule has 11 heteroatoms. The second-order valence-electron chi connectivity index (χ2n) is 9.22. The predicted molar refractivity (Wildman–Crippen MR) is 131 cm³/mol. The van der Waals surface area contributed by atoms with Crippen LogP contribution in [0.1, 0.15) is 31.4 Å². The maximum atomic E-state index is 12.9. The maximum absolute atomic E-state index is 12.9. The first-order valence-electron chi connectivity index (χ1n) is 12.4. The Morgan fingerprint density at radius 3 is 2.47 bits per heavy atom. The van der Waals surface area contributed by atoms with Crippen LogP contribution < -0.4 is 15.0 Å². The van der Waals surface area contributed by atoms with E-state index >= 15 is 0 Å². The first-order chi connectivity index (χ1) is 17.3. The molecule has 196 valence electrons. The number of carbonyl (C=O) groups excluding carboxylic acids is 1. The summed E-state index contributed by atoms with van der Waals surface area (Å²) in [6.45, 7) is 5.85. The quantitative estimate of drug-likeness (QED) is 0.588. The molecule has 8 nitrogen and oxygen atoms in total. The molecule has 4 rings (SSSR count). The molecule has 0 bridgehead atoms. The van der Waals surface area contributed by atoms with Crippen LogP contribution in [0.4, 0.5) is 24.5 Å². The minimum absolute atomic E-state index is 0.0368. The molecule has 2 saturated heterocycles. The van der Waals surface area contributed by atoms with Crippen LogP contribution >= 0.6 is 0 Å². The van der Waals surface area contributed by atoms with E-state index in [-0.39, 0.29) is 11.9 Å². The number of piperidine rings is 1. The molecule has 0 aliphatic carbocycles. The lowest BCUT2D eigenvalue weighted by atomic mass is 10.0. The highest BCUT2D eigenvalue weighted by Crippen LogP contribution is 2.29. The second kappa shape index (κ2) is 11.8. The Hall–Kier alpha value is -3.08. The summed E-state index contributed by atoms with van der Waals surface area (Å²) in [4.78, 5) is 26.9. The van der Waals surface area contributed by atoms with Gasteiger partial charge in [0.15, 0.2) is 0 Å². The van der Waals surface area contributed by atoms with Crippen LogP contribution in [0, 0.1) is 0 Å². The van der Waals surface area contributed by atoms with E-state index in [9.17, 15) is 18.0 Å². The van der Waals surface area contributed by atoms with Crippen molar-refractivity contribution in [1.82, 2.24) is 19.8 Å². The van der Waals surface area contributed by atoms with Gasteiger partial charge in [-0.1, -0.05) is 0 Å². The van der Waals surface area contributed by atoms with E-state index in [2.05, 4.69) is 25.1 Å². The summed E-state index contributed by atoms with van der Waals surface area (Å²) >= 11 is 0. The number of nitrogens with zero attached hydrogens (tertiary/aromatic N) is 5. The fourth-order valence-electron chi connectivity index (χ4n) is 4.71. The lowest BCUT2D eigenvalue weighted by Gasteiger charge is -2.36. The number of aromatic nitrogens is 2. The number of amides is 1. The van der Waals surface area contributed by atoms with E-state index in [1.165, 1.54) is 6.20 Å². The van der Waals surface area contributed by atoms with Crippen LogP contribution in [0.2, 0.25) is 0 Å². The largest absolute Gasteiger partial charge is 0.481 e. The minimum atomic E-state index is -4.46. The van der Waals surface area contributed by atoms with Crippen molar-refractivity contribution in [3.05, 3.63) is 42.4 Å². The van der Waals surface area contributed by atoms with E-state index in [0.717, 1.165) is 50.9 Å². The van der Waals surface area contributed by atoms with Gasteiger partial charge in [0.05, 0.1) is 19.0 Å². The molecule has 0 saturated carbocycles. The van der Waals surface area contributed by atoms with Crippen molar-refractivity contribution in [2.45, 2.75) is 37.9 Å². The molecular formula is C25H33F3N6O2. The summed E-state index contributed by atoms with van der Waals surface area (Å²) in [7, 11) is 1.60. The number of pyridine rings is 2. The summed E-state index contributed by atoms with van der Waals surface area (Å²) in [5, 5.41) is 3.16. The number of halogens is 3. The molecule has 2 aromatic rings. The average Bonchev–Trinajstić information content (AvgIpc) is 2.89. The van der Waals surface area contributed by atoms with Crippen LogP contribution in [0.3, 0.4) is 0 Å². The maximum Gasteiger partial charge on any atom is 0.433 e. The lowest BCUT2D eigenvalue weighted by molar-refractivity contribution is -0.141. The highest BCUT2D eigenvalue weighted by Gasteiger charge is 2.32. The Morgan fingerprint density at radius 2 is 1.83 bits per heavy atom. The third-order valence-corrected chi connectivity index (χ3v) is 6.80. The highest BCUT2D eigenvalue weighted by atomic mass is 19.4. The van der Waals surface area contributed by atoms with Crippen LogP contribution in [0.15, 0.2) is 36.7 Å². The SMILES string of the molecule is COc1ccc(N2CCN(CCCC(=O)N3CCC(Nc4ccnc(C(F)(F)F)c4)CC3)CC2)cn1. The normalized spacial score (nSPS) is 17.8. The molecule has 1 amide bonds. The molecule has 36 heavy (non-hydrogen) atoms. The summed E-state index contributed by atoms with van der Waals surface area (Å²) in [6, 6.07) is 6.51. The van der Waals surface area contributed by atoms with Gasteiger partial charge in [-0.15, -0.1) is 0 Å². The van der Waals surface area contributed by atoms with Gasteiger partial charge in [-0.2, -0.15) is 13.2 Å². The van der Waals surface area contributed by atoms with Gasteiger partial charge in [0.25, 0.3) is 0 Å². The standard InChI is InChI=1S/C25H33F3N6O2/c1-36-23-5-4-21(18-30-23)33-15-13-32(14-16-33)10-2-3-24(35)34-11-7-19(8-12-34)31-20-6-9-29-22(17-20)25(26,27)28/h4-6,9,17-19H,2-3,7-8,10-16H2,1H3,(H,29,31). The number of rotatable bonds is 8. The first kappa shape index (κ1) is 26.0.